The van der Waals surface area contributed by atoms with Crippen LogP contribution >= 0.6 is 0 Å². The molecule has 6 nitrogen and oxygen atoms in total. The van der Waals surface area contributed by atoms with Gasteiger partial charge in [-0.15, -0.1) is 0 Å². The van der Waals surface area contributed by atoms with Gasteiger partial charge in [0.1, 0.15) is 0 Å². The second-order valence-corrected chi connectivity index (χ2v) is 7.87. The fourth-order valence-corrected chi connectivity index (χ4v) is 4.20. The summed E-state index contributed by atoms with van der Waals surface area (Å²) in [6.07, 6.45) is 12.8. The lowest BCUT2D eigenvalue weighted by molar-refractivity contribution is -0.135. The van der Waals surface area contributed by atoms with Crippen LogP contribution in [-0.4, -0.2) is 38.0 Å². The van der Waals surface area contributed by atoms with E-state index in [1.807, 2.05) is 12.1 Å². The molecule has 0 saturated heterocycles. The summed E-state index contributed by atoms with van der Waals surface area (Å²) in [6, 6.07) is 4.64. The molecule has 6 heteroatoms. The minimum Gasteiger partial charge on any atom is -0.339 e. The Morgan fingerprint density at radius 3 is 2.56 bits per heavy atom. The van der Waals surface area contributed by atoms with E-state index in [0.29, 0.717) is 36.6 Å². The largest absolute Gasteiger partial charge is 0.339 e. The molecule has 0 spiro atoms. The lowest BCUT2D eigenvalue weighted by Crippen LogP contribution is -2.44. The number of aromatic nitrogens is 3. The van der Waals surface area contributed by atoms with Gasteiger partial charge < -0.3 is 9.42 Å². The van der Waals surface area contributed by atoms with Crippen molar-refractivity contribution < 1.29 is 9.32 Å². The van der Waals surface area contributed by atoms with Gasteiger partial charge in [-0.25, -0.2) is 0 Å². The summed E-state index contributed by atoms with van der Waals surface area (Å²) >= 11 is 0. The van der Waals surface area contributed by atoms with Crippen LogP contribution in [-0.2, 0) is 11.2 Å². The Labute approximate surface area is 160 Å². The van der Waals surface area contributed by atoms with E-state index >= 15 is 0 Å². The van der Waals surface area contributed by atoms with Crippen molar-refractivity contribution in [1.29, 1.82) is 0 Å². The highest BCUT2D eigenvalue weighted by Gasteiger charge is 2.38. The quantitative estimate of drug-likeness (QED) is 0.738. The molecule has 0 aromatic carbocycles. The molecule has 0 aliphatic heterocycles. The van der Waals surface area contributed by atoms with E-state index in [1.165, 1.54) is 19.3 Å². The first-order valence-corrected chi connectivity index (χ1v) is 10.3. The third-order valence-corrected chi connectivity index (χ3v) is 5.96. The van der Waals surface area contributed by atoms with E-state index in [4.69, 9.17) is 4.52 Å². The zero-order valence-corrected chi connectivity index (χ0v) is 16.0. The van der Waals surface area contributed by atoms with Crippen LogP contribution in [0, 0.1) is 5.92 Å². The van der Waals surface area contributed by atoms with Gasteiger partial charge in [-0.1, -0.05) is 18.5 Å². The molecule has 4 rings (SSSR count). The molecule has 144 valence electrons. The Morgan fingerprint density at radius 1 is 1.19 bits per heavy atom. The number of hydrogen-bond donors (Lipinski definition) is 0. The molecular weight excluding hydrogens is 340 g/mol. The van der Waals surface area contributed by atoms with Crippen LogP contribution in [0.1, 0.15) is 64.2 Å². The minimum atomic E-state index is 0.249. The summed E-state index contributed by atoms with van der Waals surface area (Å²) in [6.45, 7) is 2.28. The Morgan fingerprint density at radius 2 is 1.93 bits per heavy atom. The average Bonchev–Trinajstić information content (AvgIpc) is 3.43. The number of carbonyl (C=O) groups excluding carboxylic acids is 1. The third-order valence-electron chi connectivity index (χ3n) is 5.96. The number of carbonyl (C=O) groups is 1. The second kappa shape index (κ2) is 8.19. The molecule has 0 N–H and O–H groups in total. The Bertz CT molecular complexity index is 749. The van der Waals surface area contributed by atoms with Gasteiger partial charge in [0, 0.05) is 42.9 Å². The maximum absolute atomic E-state index is 13.0. The van der Waals surface area contributed by atoms with Crippen molar-refractivity contribution in [2.75, 3.05) is 0 Å². The average molecular weight is 368 g/mol. The Kier molecular flexibility index (Phi) is 5.50. The SMILES string of the molecule is CCC1CCC(N(C(=O)CCc2nc(-c3cccnc3)no2)C2CC2)CC1. The van der Waals surface area contributed by atoms with Crippen LogP contribution in [0.5, 0.6) is 0 Å². The summed E-state index contributed by atoms with van der Waals surface area (Å²) in [5, 5.41) is 4.01. The number of hydrogen-bond acceptors (Lipinski definition) is 5. The van der Waals surface area contributed by atoms with Crippen molar-refractivity contribution in [2.45, 2.75) is 76.8 Å². The molecule has 2 saturated carbocycles. The highest BCUT2D eigenvalue weighted by atomic mass is 16.5. The fourth-order valence-electron chi connectivity index (χ4n) is 4.20. The third kappa shape index (κ3) is 4.37. The molecule has 2 aliphatic rings. The molecule has 2 aliphatic carbocycles. The van der Waals surface area contributed by atoms with Crippen LogP contribution in [0.2, 0.25) is 0 Å². The van der Waals surface area contributed by atoms with Crippen LogP contribution in [0.4, 0.5) is 0 Å². The molecule has 2 aromatic heterocycles. The van der Waals surface area contributed by atoms with Gasteiger partial charge in [0.15, 0.2) is 0 Å². The molecule has 27 heavy (non-hydrogen) atoms. The normalized spacial score (nSPS) is 22.6. The predicted molar refractivity (Wildman–Crippen MR) is 102 cm³/mol. The summed E-state index contributed by atoms with van der Waals surface area (Å²) in [5.41, 5.74) is 0.825. The van der Waals surface area contributed by atoms with Crippen LogP contribution in [0.15, 0.2) is 29.0 Å². The lowest BCUT2D eigenvalue weighted by atomic mass is 9.83. The lowest BCUT2D eigenvalue weighted by Gasteiger charge is -2.37. The van der Waals surface area contributed by atoms with Gasteiger partial charge in [0.2, 0.25) is 17.6 Å². The molecule has 0 unspecified atom stereocenters. The number of rotatable bonds is 7. The van der Waals surface area contributed by atoms with Crippen molar-refractivity contribution in [3.05, 3.63) is 30.4 Å². The van der Waals surface area contributed by atoms with Gasteiger partial charge in [0.05, 0.1) is 0 Å². The van der Waals surface area contributed by atoms with Crippen molar-refractivity contribution in [3.63, 3.8) is 0 Å². The number of pyridine rings is 1. The van der Waals surface area contributed by atoms with Crippen molar-refractivity contribution in [2.24, 2.45) is 5.92 Å². The minimum absolute atomic E-state index is 0.249. The van der Waals surface area contributed by atoms with Gasteiger partial charge in [-0.3, -0.25) is 9.78 Å². The zero-order chi connectivity index (χ0) is 18.6. The topological polar surface area (TPSA) is 72.1 Å². The first-order chi connectivity index (χ1) is 13.2. The Hall–Kier alpha value is -2.24. The standard InChI is InChI=1S/C21H28N4O2/c1-2-15-5-7-17(8-6-15)25(18-9-10-18)20(26)12-11-19-23-21(24-27-19)16-4-3-13-22-14-16/h3-4,13-15,17-18H,2,5-12H2,1H3. The van der Waals surface area contributed by atoms with E-state index in [2.05, 4.69) is 26.9 Å². The van der Waals surface area contributed by atoms with Crippen molar-refractivity contribution in [3.8, 4) is 11.4 Å². The van der Waals surface area contributed by atoms with E-state index in [9.17, 15) is 4.79 Å². The molecule has 0 radical (unpaired) electrons. The first-order valence-electron chi connectivity index (χ1n) is 10.3. The summed E-state index contributed by atoms with van der Waals surface area (Å²) in [7, 11) is 0. The summed E-state index contributed by atoms with van der Waals surface area (Å²) in [5.74, 6) is 2.15. The van der Waals surface area contributed by atoms with Crippen LogP contribution in [0.3, 0.4) is 0 Å². The fraction of sp³-hybridized carbons (Fsp3) is 0.619. The van der Waals surface area contributed by atoms with Gasteiger partial charge >= 0.3 is 0 Å². The van der Waals surface area contributed by atoms with E-state index in [1.54, 1.807) is 12.4 Å². The molecular formula is C21H28N4O2. The van der Waals surface area contributed by atoms with Gasteiger partial charge in [0.25, 0.3) is 0 Å². The second-order valence-electron chi connectivity index (χ2n) is 7.87. The highest BCUT2D eigenvalue weighted by molar-refractivity contribution is 5.77. The van der Waals surface area contributed by atoms with E-state index < -0.39 is 0 Å². The predicted octanol–water partition coefficient (Wildman–Crippen LogP) is 4.02. The van der Waals surface area contributed by atoms with E-state index in [0.717, 1.165) is 37.2 Å². The molecule has 1 amide bonds. The summed E-state index contributed by atoms with van der Waals surface area (Å²) in [4.78, 5) is 23.6. The van der Waals surface area contributed by atoms with Crippen LogP contribution < -0.4 is 0 Å². The number of nitrogens with zero attached hydrogens (tertiary/aromatic N) is 4. The number of aryl methyl sites for hydroxylation is 1. The maximum Gasteiger partial charge on any atom is 0.227 e. The maximum atomic E-state index is 13.0. The Balaban J connectivity index is 1.34. The molecule has 2 fully saturated rings. The van der Waals surface area contributed by atoms with Crippen molar-refractivity contribution >= 4 is 5.91 Å². The zero-order valence-electron chi connectivity index (χ0n) is 16.0. The monoisotopic (exact) mass is 368 g/mol. The summed E-state index contributed by atoms with van der Waals surface area (Å²) < 4.78 is 5.34. The molecule has 2 aromatic rings. The van der Waals surface area contributed by atoms with Gasteiger partial charge in [-0.2, -0.15) is 4.98 Å². The highest BCUT2D eigenvalue weighted by Crippen LogP contribution is 2.36. The van der Waals surface area contributed by atoms with Crippen molar-refractivity contribution in [1.82, 2.24) is 20.0 Å². The van der Waals surface area contributed by atoms with Crippen LogP contribution in [0.25, 0.3) is 11.4 Å². The first kappa shape index (κ1) is 18.1. The van der Waals surface area contributed by atoms with E-state index in [-0.39, 0.29) is 5.91 Å². The molecule has 0 atom stereocenters. The smallest absolute Gasteiger partial charge is 0.227 e. The van der Waals surface area contributed by atoms with Gasteiger partial charge in [-0.05, 0) is 56.6 Å². The number of amides is 1. The molecule has 2 heterocycles. The molecule has 0 bridgehead atoms.